The van der Waals surface area contributed by atoms with Gasteiger partial charge in [-0.3, -0.25) is 0 Å². The number of nitrogens with zero attached hydrogens (tertiary/aromatic N) is 1. The summed E-state index contributed by atoms with van der Waals surface area (Å²) in [5.74, 6) is -0.372. The van der Waals surface area contributed by atoms with Crippen molar-refractivity contribution in [2.45, 2.75) is 31.7 Å². The molecule has 1 N–H and O–H groups in total. The van der Waals surface area contributed by atoms with Crippen LogP contribution in [-0.2, 0) is 11.2 Å². The highest BCUT2D eigenvalue weighted by molar-refractivity contribution is 5.85. The Bertz CT molecular complexity index is 467. The molecule has 90 valence electrons. The number of hydrogen-bond acceptors (Lipinski definition) is 2. The van der Waals surface area contributed by atoms with Crippen LogP contribution in [-0.4, -0.2) is 23.2 Å². The van der Waals surface area contributed by atoms with Crippen LogP contribution in [0.3, 0.4) is 0 Å². The molecule has 0 spiro atoms. The average molecular weight is 231 g/mol. The number of benzene rings is 1. The third kappa shape index (κ3) is 1.45. The van der Waals surface area contributed by atoms with Crippen LogP contribution < -0.4 is 4.90 Å². The number of para-hydroxylation sites is 1. The fourth-order valence-electron chi connectivity index (χ4n) is 2.98. The first kappa shape index (κ1) is 10.6. The molecule has 0 bridgehead atoms. The minimum atomic E-state index is -0.716. The molecule has 1 unspecified atom stereocenters. The predicted molar refractivity (Wildman–Crippen MR) is 66.3 cm³/mol. The smallest absolute Gasteiger partial charge is 0.329 e. The molecule has 3 nitrogen and oxygen atoms in total. The summed E-state index contributed by atoms with van der Waals surface area (Å²) in [7, 11) is 0. The Morgan fingerprint density at radius 3 is 2.76 bits per heavy atom. The largest absolute Gasteiger partial charge is 0.479 e. The molecule has 0 radical (unpaired) electrons. The Morgan fingerprint density at radius 2 is 2.12 bits per heavy atom. The molecular weight excluding hydrogens is 214 g/mol. The SMILES string of the molecule is CC(C(=O)O)(C1CC1)N1CCc2ccccc21. The maximum atomic E-state index is 11.7. The van der Waals surface area contributed by atoms with E-state index in [1.165, 1.54) is 5.56 Å². The molecule has 1 saturated carbocycles. The summed E-state index contributed by atoms with van der Waals surface area (Å²) in [5.41, 5.74) is 1.68. The van der Waals surface area contributed by atoms with Gasteiger partial charge in [-0.2, -0.15) is 0 Å². The Labute approximate surface area is 101 Å². The fourth-order valence-corrected chi connectivity index (χ4v) is 2.98. The number of carbonyl (C=O) groups is 1. The van der Waals surface area contributed by atoms with E-state index in [1.54, 1.807) is 0 Å². The van der Waals surface area contributed by atoms with Crippen LogP contribution in [0.25, 0.3) is 0 Å². The lowest BCUT2D eigenvalue weighted by Gasteiger charge is -2.37. The van der Waals surface area contributed by atoms with Crippen molar-refractivity contribution < 1.29 is 9.90 Å². The van der Waals surface area contributed by atoms with Crippen molar-refractivity contribution in [3.63, 3.8) is 0 Å². The molecule has 3 rings (SSSR count). The third-order valence-electron chi connectivity index (χ3n) is 4.25. The molecule has 0 aromatic heterocycles. The van der Waals surface area contributed by atoms with Gasteiger partial charge < -0.3 is 10.0 Å². The van der Waals surface area contributed by atoms with Gasteiger partial charge in [0.15, 0.2) is 0 Å². The van der Waals surface area contributed by atoms with Gasteiger partial charge in [-0.1, -0.05) is 18.2 Å². The molecule has 1 aliphatic carbocycles. The second kappa shape index (κ2) is 3.49. The maximum absolute atomic E-state index is 11.7. The molecule has 1 aliphatic heterocycles. The quantitative estimate of drug-likeness (QED) is 0.867. The maximum Gasteiger partial charge on any atom is 0.329 e. The molecule has 0 saturated heterocycles. The summed E-state index contributed by atoms with van der Waals surface area (Å²) < 4.78 is 0. The first-order valence-electron chi connectivity index (χ1n) is 6.23. The Balaban J connectivity index is 2.02. The van der Waals surface area contributed by atoms with Crippen molar-refractivity contribution in [3.8, 4) is 0 Å². The Kier molecular flexibility index (Phi) is 2.18. The highest BCUT2D eigenvalue weighted by Gasteiger charge is 2.52. The van der Waals surface area contributed by atoms with Crippen LogP contribution in [0.15, 0.2) is 24.3 Å². The lowest BCUT2D eigenvalue weighted by atomic mass is 9.93. The number of rotatable bonds is 3. The average Bonchev–Trinajstić information content (AvgIpc) is 3.08. The topological polar surface area (TPSA) is 40.5 Å². The van der Waals surface area contributed by atoms with Crippen LogP contribution in [0.2, 0.25) is 0 Å². The standard InChI is InChI=1S/C14H17NO2/c1-14(13(16)17,11-6-7-11)15-9-8-10-4-2-3-5-12(10)15/h2-5,11H,6-9H2,1H3,(H,16,17). The van der Waals surface area contributed by atoms with Gasteiger partial charge in [0.25, 0.3) is 0 Å². The van der Waals surface area contributed by atoms with E-state index in [1.807, 2.05) is 25.1 Å². The molecule has 1 aromatic rings. The van der Waals surface area contributed by atoms with Crippen molar-refractivity contribution in [1.82, 2.24) is 0 Å². The molecule has 2 aliphatic rings. The summed E-state index contributed by atoms with van der Waals surface area (Å²) >= 11 is 0. The van der Waals surface area contributed by atoms with Crippen molar-refractivity contribution in [3.05, 3.63) is 29.8 Å². The van der Waals surface area contributed by atoms with Gasteiger partial charge in [-0.05, 0) is 43.7 Å². The monoisotopic (exact) mass is 231 g/mol. The zero-order chi connectivity index (χ0) is 12.0. The van der Waals surface area contributed by atoms with E-state index in [4.69, 9.17) is 0 Å². The molecular formula is C14H17NO2. The van der Waals surface area contributed by atoms with E-state index >= 15 is 0 Å². The Morgan fingerprint density at radius 1 is 1.41 bits per heavy atom. The third-order valence-corrected chi connectivity index (χ3v) is 4.25. The highest BCUT2D eigenvalue weighted by atomic mass is 16.4. The number of aliphatic carboxylic acids is 1. The van der Waals surface area contributed by atoms with Crippen LogP contribution in [0.4, 0.5) is 5.69 Å². The van der Waals surface area contributed by atoms with Crippen molar-refractivity contribution in [2.75, 3.05) is 11.4 Å². The van der Waals surface area contributed by atoms with Gasteiger partial charge in [0.2, 0.25) is 0 Å². The fraction of sp³-hybridized carbons (Fsp3) is 0.500. The minimum absolute atomic E-state index is 0.311. The first-order valence-corrected chi connectivity index (χ1v) is 6.23. The van der Waals surface area contributed by atoms with E-state index < -0.39 is 11.5 Å². The van der Waals surface area contributed by atoms with Gasteiger partial charge in [-0.25, -0.2) is 4.79 Å². The highest BCUT2D eigenvalue weighted by Crippen LogP contribution is 2.47. The molecule has 0 amide bonds. The molecule has 3 heteroatoms. The second-order valence-corrected chi connectivity index (χ2v) is 5.26. The van der Waals surface area contributed by atoms with E-state index in [0.717, 1.165) is 31.5 Å². The minimum Gasteiger partial charge on any atom is -0.479 e. The predicted octanol–water partition coefficient (Wildman–Crippen LogP) is 2.30. The van der Waals surface area contributed by atoms with Gasteiger partial charge in [0, 0.05) is 12.2 Å². The molecule has 17 heavy (non-hydrogen) atoms. The molecule has 1 fully saturated rings. The van der Waals surface area contributed by atoms with Crippen LogP contribution in [0.5, 0.6) is 0 Å². The van der Waals surface area contributed by atoms with E-state index in [2.05, 4.69) is 11.0 Å². The molecule has 1 aromatic carbocycles. The molecule has 1 heterocycles. The first-order chi connectivity index (χ1) is 8.14. The van der Waals surface area contributed by atoms with Gasteiger partial charge in [0.05, 0.1) is 0 Å². The number of carboxylic acids is 1. The van der Waals surface area contributed by atoms with Crippen LogP contribution >= 0.6 is 0 Å². The van der Waals surface area contributed by atoms with Crippen LogP contribution in [0.1, 0.15) is 25.3 Å². The zero-order valence-corrected chi connectivity index (χ0v) is 10.0. The lowest BCUT2D eigenvalue weighted by molar-refractivity contribution is -0.143. The van der Waals surface area contributed by atoms with E-state index in [-0.39, 0.29) is 0 Å². The second-order valence-electron chi connectivity index (χ2n) is 5.26. The number of anilines is 1. The van der Waals surface area contributed by atoms with E-state index in [0.29, 0.717) is 5.92 Å². The van der Waals surface area contributed by atoms with Gasteiger partial charge in [-0.15, -0.1) is 0 Å². The summed E-state index contributed by atoms with van der Waals surface area (Å²) in [4.78, 5) is 13.8. The van der Waals surface area contributed by atoms with E-state index in [9.17, 15) is 9.90 Å². The summed E-state index contributed by atoms with van der Waals surface area (Å²) in [6.07, 6.45) is 3.05. The van der Waals surface area contributed by atoms with Crippen molar-refractivity contribution in [1.29, 1.82) is 0 Å². The normalized spacial score (nSPS) is 22.1. The van der Waals surface area contributed by atoms with Crippen LogP contribution in [0, 0.1) is 5.92 Å². The molecule has 1 atom stereocenters. The zero-order valence-electron chi connectivity index (χ0n) is 10.0. The summed E-state index contributed by atoms with van der Waals surface area (Å²) in [5, 5.41) is 9.59. The number of hydrogen-bond donors (Lipinski definition) is 1. The van der Waals surface area contributed by atoms with Crippen molar-refractivity contribution in [2.24, 2.45) is 5.92 Å². The van der Waals surface area contributed by atoms with Gasteiger partial charge in [0.1, 0.15) is 5.54 Å². The van der Waals surface area contributed by atoms with Gasteiger partial charge >= 0.3 is 5.97 Å². The number of carboxylic acid groups (broad SMARTS) is 1. The summed E-state index contributed by atoms with van der Waals surface area (Å²) in [6, 6.07) is 8.17. The summed E-state index contributed by atoms with van der Waals surface area (Å²) in [6.45, 7) is 2.72. The number of fused-ring (bicyclic) bond motifs is 1. The lowest BCUT2D eigenvalue weighted by Crippen LogP contribution is -2.54. The van der Waals surface area contributed by atoms with Crippen molar-refractivity contribution >= 4 is 11.7 Å². The Hall–Kier alpha value is -1.51.